The molecule has 1 heterocycles. The molecule has 14 heavy (non-hydrogen) atoms. The number of aryl methyl sites for hydroxylation is 2. The maximum Gasteiger partial charge on any atom is 0.129 e. The average Bonchev–Trinajstić information content (AvgIpc) is 2.45. The molecule has 0 amide bonds. The Balaban J connectivity index is 2.44. The van der Waals surface area contributed by atoms with Crippen LogP contribution in [0, 0.1) is 13.8 Å². The maximum atomic E-state index is 9.93. The summed E-state index contributed by atoms with van der Waals surface area (Å²) < 4.78 is 5.65. The van der Waals surface area contributed by atoms with Gasteiger partial charge < -0.3 is 9.84 Å². The number of benzene rings is 1. The standard InChI is InChI=1S/C12H16O2/c1-4-10-12(13)9-5-7(2)8(3)6-11(9)14-10/h5-6,10,12-13H,4H2,1-3H3. The second-order valence-electron chi connectivity index (χ2n) is 3.98. The van der Waals surface area contributed by atoms with E-state index in [-0.39, 0.29) is 6.10 Å². The highest BCUT2D eigenvalue weighted by Gasteiger charge is 2.31. The summed E-state index contributed by atoms with van der Waals surface area (Å²) >= 11 is 0. The van der Waals surface area contributed by atoms with Crippen LogP contribution in [-0.2, 0) is 0 Å². The van der Waals surface area contributed by atoms with E-state index in [0.29, 0.717) is 0 Å². The minimum atomic E-state index is -0.450. The van der Waals surface area contributed by atoms with Gasteiger partial charge in [-0.3, -0.25) is 0 Å². The lowest BCUT2D eigenvalue weighted by atomic mass is 10.0. The Bertz CT molecular complexity index is 358. The Labute approximate surface area is 84.5 Å². The number of ether oxygens (including phenoxy) is 1. The summed E-state index contributed by atoms with van der Waals surface area (Å²) in [4.78, 5) is 0. The predicted octanol–water partition coefficient (Wildman–Crippen LogP) is 2.51. The largest absolute Gasteiger partial charge is 0.487 e. The third kappa shape index (κ3) is 1.30. The zero-order chi connectivity index (χ0) is 10.3. The fourth-order valence-electron chi connectivity index (χ4n) is 1.88. The minimum Gasteiger partial charge on any atom is -0.487 e. The fourth-order valence-corrected chi connectivity index (χ4v) is 1.88. The number of hydrogen-bond donors (Lipinski definition) is 1. The Hall–Kier alpha value is -1.02. The van der Waals surface area contributed by atoms with Crippen molar-refractivity contribution in [3.63, 3.8) is 0 Å². The molecule has 76 valence electrons. The van der Waals surface area contributed by atoms with Crippen molar-refractivity contribution in [3.05, 3.63) is 28.8 Å². The van der Waals surface area contributed by atoms with Gasteiger partial charge in [-0.1, -0.05) is 6.92 Å². The van der Waals surface area contributed by atoms with Gasteiger partial charge in [-0.05, 0) is 43.5 Å². The summed E-state index contributed by atoms with van der Waals surface area (Å²) in [5, 5.41) is 9.93. The second kappa shape index (κ2) is 3.28. The van der Waals surface area contributed by atoms with Gasteiger partial charge in [-0.2, -0.15) is 0 Å². The van der Waals surface area contributed by atoms with Crippen LogP contribution >= 0.6 is 0 Å². The van der Waals surface area contributed by atoms with Crippen molar-refractivity contribution in [1.29, 1.82) is 0 Å². The van der Waals surface area contributed by atoms with E-state index in [2.05, 4.69) is 13.8 Å². The molecule has 0 saturated carbocycles. The van der Waals surface area contributed by atoms with E-state index >= 15 is 0 Å². The number of hydrogen-bond acceptors (Lipinski definition) is 2. The summed E-state index contributed by atoms with van der Waals surface area (Å²) in [6, 6.07) is 4.05. The van der Waals surface area contributed by atoms with Gasteiger partial charge in [0.05, 0.1) is 0 Å². The number of fused-ring (bicyclic) bond motifs is 1. The van der Waals surface area contributed by atoms with Crippen molar-refractivity contribution in [2.45, 2.75) is 39.4 Å². The Morgan fingerprint density at radius 1 is 1.29 bits per heavy atom. The van der Waals surface area contributed by atoms with Gasteiger partial charge in [-0.25, -0.2) is 0 Å². The van der Waals surface area contributed by atoms with Gasteiger partial charge in [0.15, 0.2) is 0 Å². The maximum absolute atomic E-state index is 9.93. The normalized spacial score (nSPS) is 24.6. The Morgan fingerprint density at radius 3 is 2.57 bits per heavy atom. The first-order chi connectivity index (χ1) is 6.63. The number of aliphatic hydroxyl groups excluding tert-OH is 1. The highest BCUT2D eigenvalue weighted by atomic mass is 16.5. The van der Waals surface area contributed by atoms with E-state index in [4.69, 9.17) is 4.74 Å². The molecular weight excluding hydrogens is 176 g/mol. The first kappa shape index (κ1) is 9.53. The second-order valence-corrected chi connectivity index (χ2v) is 3.98. The van der Waals surface area contributed by atoms with Gasteiger partial charge in [0.25, 0.3) is 0 Å². The molecule has 2 atom stereocenters. The van der Waals surface area contributed by atoms with Crippen molar-refractivity contribution in [2.75, 3.05) is 0 Å². The van der Waals surface area contributed by atoms with E-state index in [1.54, 1.807) is 0 Å². The quantitative estimate of drug-likeness (QED) is 0.740. The van der Waals surface area contributed by atoms with E-state index < -0.39 is 6.10 Å². The summed E-state index contributed by atoms with van der Waals surface area (Å²) in [5.74, 6) is 0.854. The monoisotopic (exact) mass is 192 g/mol. The van der Waals surface area contributed by atoms with Crippen LogP contribution in [0.3, 0.4) is 0 Å². The average molecular weight is 192 g/mol. The van der Waals surface area contributed by atoms with Crippen LogP contribution < -0.4 is 4.74 Å². The molecule has 1 N–H and O–H groups in total. The van der Waals surface area contributed by atoms with E-state index in [9.17, 15) is 5.11 Å². The predicted molar refractivity (Wildman–Crippen MR) is 55.6 cm³/mol. The van der Waals surface area contributed by atoms with E-state index in [0.717, 1.165) is 17.7 Å². The first-order valence-electron chi connectivity index (χ1n) is 5.09. The van der Waals surface area contributed by atoms with Crippen LogP contribution in [0.5, 0.6) is 5.75 Å². The topological polar surface area (TPSA) is 29.5 Å². The van der Waals surface area contributed by atoms with Crippen LogP contribution in [0.2, 0.25) is 0 Å². The molecule has 2 rings (SSSR count). The zero-order valence-corrected chi connectivity index (χ0v) is 8.87. The van der Waals surface area contributed by atoms with Crippen LogP contribution in [0.15, 0.2) is 12.1 Å². The summed E-state index contributed by atoms with van der Waals surface area (Å²) in [6.07, 6.45) is 0.328. The molecule has 1 aliphatic heterocycles. The Morgan fingerprint density at radius 2 is 1.93 bits per heavy atom. The molecule has 0 aromatic heterocycles. The van der Waals surface area contributed by atoms with Crippen molar-refractivity contribution >= 4 is 0 Å². The third-order valence-corrected chi connectivity index (χ3v) is 2.98. The highest BCUT2D eigenvalue weighted by molar-refractivity contribution is 5.45. The summed E-state index contributed by atoms with van der Waals surface area (Å²) in [7, 11) is 0. The summed E-state index contributed by atoms with van der Waals surface area (Å²) in [6.45, 7) is 6.14. The lowest BCUT2D eigenvalue weighted by Crippen LogP contribution is -2.16. The van der Waals surface area contributed by atoms with Crippen LogP contribution in [0.25, 0.3) is 0 Å². The molecular formula is C12H16O2. The lowest BCUT2D eigenvalue weighted by Gasteiger charge is -2.10. The Kier molecular flexibility index (Phi) is 2.23. The molecule has 0 bridgehead atoms. The van der Waals surface area contributed by atoms with Crippen molar-refractivity contribution in [1.82, 2.24) is 0 Å². The van der Waals surface area contributed by atoms with Crippen molar-refractivity contribution < 1.29 is 9.84 Å². The van der Waals surface area contributed by atoms with Gasteiger partial charge in [0, 0.05) is 5.56 Å². The highest BCUT2D eigenvalue weighted by Crippen LogP contribution is 2.39. The molecule has 1 aromatic rings. The molecule has 1 aromatic carbocycles. The SMILES string of the molecule is CCC1Oc2cc(C)c(C)cc2C1O. The van der Waals surface area contributed by atoms with Gasteiger partial charge in [-0.15, -0.1) is 0 Å². The third-order valence-electron chi connectivity index (χ3n) is 2.98. The van der Waals surface area contributed by atoms with Crippen LogP contribution in [-0.4, -0.2) is 11.2 Å². The minimum absolute atomic E-state index is 0.0637. The number of aliphatic hydroxyl groups is 1. The van der Waals surface area contributed by atoms with Crippen molar-refractivity contribution in [3.8, 4) is 5.75 Å². The van der Waals surface area contributed by atoms with Gasteiger partial charge in [0.2, 0.25) is 0 Å². The molecule has 0 spiro atoms. The number of rotatable bonds is 1. The van der Waals surface area contributed by atoms with E-state index in [1.807, 2.05) is 19.1 Å². The lowest BCUT2D eigenvalue weighted by molar-refractivity contribution is 0.0653. The first-order valence-corrected chi connectivity index (χ1v) is 5.09. The smallest absolute Gasteiger partial charge is 0.129 e. The fraction of sp³-hybridized carbons (Fsp3) is 0.500. The van der Waals surface area contributed by atoms with Crippen molar-refractivity contribution in [2.24, 2.45) is 0 Å². The molecule has 0 fully saturated rings. The van der Waals surface area contributed by atoms with Gasteiger partial charge >= 0.3 is 0 Å². The van der Waals surface area contributed by atoms with Crippen LogP contribution in [0.1, 0.15) is 36.1 Å². The molecule has 1 aliphatic rings. The van der Waals surface area contributed by atoms with E-state index in [1.165, 1.54) is 11.1 Å². The molecule has 0 aliphatic carbocycles. The zero-order valence-electron chi connectivity index (χ0n) is 8.87. The molecule has 2 nitrogen and oxygen atoms in total. The molecule has 0 saturated heterocycles. The molecule has 2 unspecified atom stereocenters. The molecule has 2 heteroatoms. The van der Waals surface area contributed by atoms with Gasteiger partial charge in [0.1, 0.15) is 18.0 Å². The molecule has 0 radical (unpaired) electrons. The van der Waals surface area contributed by atoms with Crippen LogP contribution in [0.4, 0.5) is 0 Å². The summed E-state index contributed by atoms with van der Waals surface area (Å²) in [5.41, 5.74) is 3.37.